The van der Waals surface area contributed by atoms with E-state index in [1.54, 1.807) is 0 Å². The number of aromatic nitrogens is 2. The van der Waals surface area contributed by atoms with E-state index in [0.717, 1.165) is 28.0 Å². The number of hydrogen-bond acceptors (Lipinski definition) is 6. The number of anilines is 2. The second-order valence-electron chi connectivity index (χ2n) is 4.91. The third kappa shape index (κ3) is 4.18. The van der Waals surface area contributed by atoms with Crippen molar-refractivity contribution in [2.45, 2.75) is 35.4 Å². The number of carbonyl (C=O) groups excluding carboxylic acids is 1. The minimum atomic E-state index is -0.150. The van der Waals surface area contributed by atoms with Crippen LogP contribution in [0.15, 0.2) is 34.7 Å². The summed E-state index contributed by atoms with van der Waals surface area (Å²) in [5, 5.41) is 15.0. The van der Waals surface area contributed by atoms with E-state index >= 15 is 0 Å². The fraction of sp³-hybridized carbons (Fsp3) is 0.357. The molecule has 1 saturated carbocycles. The molecule has 2 N–H and O–H groups in total. The fourth-order valence-electron chi connectivity index (χ4n) is 1.70. The summed E-state index contributed by atoms with van der Waals surface area (Å²) in [5.74, 6) is 0.0790. The van der Waals surface area contributed by atoms with Crippen LogP contribution < -0.4 is 10.6 Å². The summed E-state index contributed by atoms with van der Waals surface area (Å²) < 4.78 is 0.798. The first-order valence-electron chi connectivity index (χ1n) is 6.83. The van der Waals surface area contributed by atoms with Crippen LogP contribution in [0.2, 0.25) is 0 Å². The van der Waals surface area contributed by atoms with Gasteiger partial charge in [0.25, 0.3) is 0 Å². The van der Waals surface area contributed by atoms with E-state index in [2.05, 4.69) is 20.8 Å². The lowest BCUT2D eigenvalue weighted by Crippen LogP contribution is -2.32. The Morgan fingerprint density at radius 1 is 1.33 bits per heavy atom. The molecule has 1 aromatic heterocycles. The summed E-state index contributed by atoms with van der Waals surface area (Å²) in [7, 11) is 0. The molecule has 1 aliphatic carbocycles. The number of benzene rings is 1. The third-order valence-corrected chi connectivity index (χ3v) is 5.02. The van der Waals surface area contributed by atoms with Gasteiger partial charge in [-0.1, -0.05) is 41.3 Å². The van der Waals surface area contributed by atoms with Crippen LogP contribution in [0.5, 0.6) is 0 Å². The highest BCUT2D eigenvalue weighted by atomic mass is 32.2. The van der Waals surface area contributed by atoms with E-state index in [1.165, 1.54) is 23.1 Å². The van der Waals surface area contributed by atoms with E-state index in [1.807, 2.05) is 37.3 Å². The Morgan fingerprint density at radius 2 is 2.10 bits per heavy atom. The minimum absolute atomic E-state index is 0.0790. The summed E-state index contributed by atoms with van der Waals surface area (Å²) in [6.07, 6.45) is 2.21. The molecule has 1 unspecified atom stereocenters. The highest BCUT2D eigenvalue weighted by molar-refractivity contribution is 8.02. The van der Waals surface area contributed by atoms with Gasteiger partial charge in [0.05, 0.1) is 5.25 Å². The Bertz CT molecular complexity index is 612. The number of nitrogens with zero attached hydrogens (tertiary/aromatic N) is 2. The molecule has 0 spiro atoms. The van der Waals surface area contributed by atoms with Gasteiger partial charge in [0.1, 0.15) is 0 Å². The number of thioether (sulfide) groups is 1. The molecule has 110 valence electrons. The highest BCUT2D eigenvalue weighted by Crippen LogP contribution is 2.31. The predicted octanol–water partition coefficient (Wildman–Crippen LogP) is 3.04. The van der Waals surface area contributed by atoms with Crippen molar-refractivity contribution in [1.29, 1.82) is 0 Å². The van der Waals surface area contributed by atoms with E-state index < -0.39 is 0 Å². The van der Waals surface area contributed by atoms with Gasteiger partial charge < -0.3 is 10.6 Å². The molecule has 0 radical (unpaired) electrons. The maximum Gasteiger partial charge on any atom is 0.233 e. The van der Waals surface area contributed by atoms with Gasteiger partial charge in [-0.15, -0.1) is 10.2 Å². The van der Waals surface area contributed by atoms with Crippen molar-refractivity contribution < 1.29 is 4.79 Å². The molecular formula is C14H16N4OS2. The van der Waals surface area contributed by atoms with Gasteiger partial charge in [0, 0.05) is 11.7 Å². The van der Waals surface area contributed by atoms with E-state index in [9.17, 15) is 4.79 Å². The van der Waals surface area contributed by atoms with Crippen molar-refractivity contribution >= 4 is 39.8 Å². The number of hydrogen-bond donors (Lipinski definition) is 2. The molecule has 3 rings (SSSR count). The molecule has 0 saturated heterocycles. The van der Waals surface area contributed by atoms with Gasteiger partial charge in [0.2, 0.25) is 11.0 Å². The average molecular weight is 320 g/mol. The quantitative estimate of drug-likeness (QED) is 0.801. The number of amides is 1. The molecule has 0 aliphatic heterocycles. The average Bonchev–Trinajstić information content (AvgIpc) is 3.19. The van der Waals surface area contributed by atoms with Crippen molar-refractivity contribution in [3.63, 3.8) is 0 Å². The van der Waals surface area contributed by atoms with Gasteiger partial charge in [0.15, 0.2) is 4.34 Å². The number of rotatable bonds is 6. The fourth-order valence-corrected chi connectivity index (χ4v) is 3.63. The van der Waals surface area contributed by atoms with Crippen LogP contribution >= 0.6 is 23.1 Å². The van der Waals surface area contributed by atoms with Crippen molar-refractivity contribution in [2.24, 2.45) is 0 Å². The zero-order valence-electron chi connectivity index (χ0n) is 11.6. The summed E-state index contributed by atoms with van der Waals surface area (Å²) in [4.78, 5) is 11.9. The lowest BCUT2D eigenvalue weighted by molar-refractivity contribution is -0.120. The molecule has 1 aromatic carbocycles. The number of carbonyl (C=O) groups is 1. The SMILES string of the molecule is CC(Sc1nnc(Nc2ccccc2)s1)C(=O)NC1CC1. The maximum absolute atomic E-state index is 11.9. The highest BCUT2D eigenvalue weighted by Gasteiger charge is 2.26. The first-order valence-corrected chi connectivity index (χ1v) is 8.53. The molecule has 1 heterocycles. The second-order valence-corrected chi connectivity index (χ2v) is 7.47. The topological polar surface area (TPSA) is 66.9 Å². The van der Waals surface area contributed by atoms with Crippen molar-refractivity contribution in [2.75, 3.05) is 5.32 Å². The molecule has 21 heavy (non-hydrogen) atoms. The van der Waals surface area contributed by atoms with Crippen molar-refractivity contribution in [1.82, 2.24) is 15.5 Å². The van der Waals surface area contributed by atoms with Crippen LogP contribution in [0.3, 0.4) is 0 Å². The maximum atomic E-state index is 11.9. The lowest BCUT2D eigenvalue weighted by Gasteiger charge is -2.08. The Labute approximate surface area is 131 Å². The first kappa shape index (κ1) is 14.3. The summed E-state index contributed by atoms with van der Waals surface area (Å²) >= 11 is 2.90. The Hall–Kier alpha value is -1.60. The smallest absolute Gasteiger partial charge is 0.233 e. The largest absolute Gasteiger partial charge is 0.352 e. The van der Waals surface area contributed by atoms with Gasteiger partial charge in [-0.05, 0) is 31.9 Å². The molecule has 1 fully saturated rings. The van der Waals surface area contributed by atoms with E-state index in [0.29, 0.717) is 6.04 Å². The van der Waals surface area contributed by atoms with Crippen molar-refractivity contribution in [3.8, 4) is 0 Å². The van der Waals surface area contributed by atoms with Crippen LogP contribution in [-0.4, -0.2) is 27.4 Å². The standard InChI is InChI=1S/C14H16N4OS2/c1-9(12(19)15-11-7-8-11)20-14-18-17-13(21-14)16-10-5-3-2-4-6-10/h2-6,9,11H,7-8H2,1H3,(H,15,19)(H,16,17). The zero-order valence-corrected chi connectivity index (χ0v) is 13.2. The van der Waals surface area contributed by atoms with E-state index in [4.69, 9.17) is 0 Å². The molecule has 2 aromatic rings. The van der Waals surface area contributed by atoms with E-state index in [-0.39, 0.29) is 11.2 Å². The minimum Gasteiger partial charge on any atom is -0.352 e. The van der Waals surface area contributed by atoms with Crippen LogP contribution in [-0.2, 0) is 4.79 Å². The Kier molecular flexibility index (Phi) is 4.40. The third-order valence-electron chi connectivity index (χ3n) is 3.00. The zero-order chi connectivity index (χ0) is 14.7. The van der Waals surface area contributed by atoms with Crippen LogP contribution in [0.25, 0.3) is 0 Å². The molecule has 5 nitrogen and oxygen atoms in total. The summed E-state index contributed by atoms with van der Waals surface area (Å²) in [6, 6.07) is 10.2. The Morgan fingerprint density at radius 3 is 2.81 bits per heavy atom. The normalized spacial score (nSPS) is 15.5. The summed E-state index contributed by atoms with van der Waals surface area (Å²) in [6.45, 7) is 1.90. The molecule has 1 aliphatic rings. The van der Waals surface area contributed by atoms with Crippen LogP contribution in [0.1, 0.15) is 19.8 Å². The number of para-hydroxylation sites is 1. The first-order chi connectivity index (χ1) is 10.2. The molecular weight excluding hydrogens is 304 g/mol. The van der Waals surface area contributed by atoms with Crippen molar-refractivity contribution in [3.05, 3.63) is 30.3 Å². The summed E-state index contributed by atoms with van der Waals surface area (Å²) in [5.41, 5.74) is 0.977. The predicted molar refractivity (Wildman–Crippen MR) is 86.1 cm³/mol. The van der Waals surface area contributed by atoms with Crippen LogP contribution in [0, 0.1) is 0 Å². The molecule has 1 atom stereocenters. The molecule has 7 heteroatoms. The number of nitrogens with one attached hydrogen (secondary N) is 2. The van der Waals surface area contributed by atoms with Gasteiger partial charge >= 0.3 is 0 Å². The lowest BCUT2D eigenvalue weighted by atomic mass is 10.3. The van der Waals surface area contributed by atoms with Gasteiger partial charge in [-0.25, -0.2) is 0 Å². The Balaban J connectivity index is 1.55. The van der Waals surface area contributed by atoms with Gasteiger partial charge in [-0.2, -0.15) is 0 Å². The van der Waals surface area contributed by atoms with Crippen LogP contribution in [0.4, 0.5) is 10.8 Å². The monoisotopic (exact) mass is 320 g/mol. The molecule has 1 amide bonds. The molecule has 0 bridgehead atoms. The van der Waals surface area contributed by atoms with Gasteiger partial charge in [-0.3, -0.25) is 4.79 Å². The second kappa shape index (κ2) is 6.44.